The lowest BCUT2D eigenvalue weighted by Gasteiger charge is -2.04. The number of azo groups is 1. The molecule has 3 aromatic carbocycles. The quantitative estimate of drug-likeness (QED) is 0.371. The number of fused-ring (bicyclic) bond motifs is 1. The molecule has 1 heterocycles. The standard InChI is InChI=1S/C20H14ClN3OS/c21-13-9-11-15(12-10-13)26-17-8-4-7-16-18(17)19(20(25)22-16)24-23-14-5-2-1-3-6-14/h1-12,22,25H. The third-order valence-corrected chi connectivity index (χ3v) is 5.12. The fourth-order valence-corrected chi connectivity index (χ4v) is 3.71. The number of nitrogens with zero attached hydrogens (tertiary/aromatic N) is 2. The first kappa shape index (κ1) is 16.7. The van der Waals surface area contributed by atoms with E-state index in [0.717, 1.165) is 26.4 Å². The molecule has 4 rings (SSSR count). The number of H-pyrrole nitrogens is 1. The average Bonchev–Trinajstić information content (AvgIpc) is 2.99. The fraction of sp³-hybridized carbons (Fsp3) is 0. The van der Waals surface area contributed by atoms with E-state index in [1.807, 2.05) is 72.8 Å². The maximum Gasteiger partial charge on any atom is 0.218 e. The van der Waals surface area contributed by atoms with Crippen LogP contribution in [0.2, 0.25) is 5.02 Å². The summed E-state index contributed by atoms with van der Waals surface area (Å²) in [5, 5.41) is 20.4. The van der Waals surface area contributed by atoms with Crippen LogP contribution in [0.25, 0.3) is 10.9 Å². The van der Waals surface area contributed by atoms with Crippen LogP contribution in [0.5, 0.6) is 5.88 Å². The normalized spacial score (nSPS) is 11.4. The molecule has 0 spiro atoms. The zero-order chi connectivity index (χ0) is 17.9. The van der Waals surface area contributed by atoms with Crippen molar-refractivity contribution in [3.63, 3.8) is 0 Å². The van der Waals surface area contributed by atoms with Gasteiger partial charge in [0.25, 0.3) is 0 Å². The number of hydrogen-bond donors (Lipinski definition) is 2. The van der Waals surface area contributed by atoms with E-state index in [2.05, 4.69) is 15.2 Å². The van der Waals surface area contributed by atoms with Gasteiger partial charge in [-0.25, -0.2) is 0 Å². The van der Waals surface area contributed by atoms with Gasteiger partial charge in [-0.15, -0.1) is 5.11 Å². The van der Waals surface area contributed by atoms with E-state index in [1.165, 1.54) is 0 Å². The smallest absolute Gasteiger partial charge is 0.218 e. The lowest BCUT2D eigenvalue weighted by molar-refractivity contribution is 0.459. The molecule has 0 fully saturated rings. The first-order chi connectivity index (χ1) is 12.7. The van der Waals surface area contributed by atoms with E-state index in [9.17, 15) is 5.11 Å². The summed E-state index contributed by atoms with van der Waals surface area (Å²) in [6.07, 6.45) is 0. The van der Waals surface area contributed by atoms with Gasteiger partial charge in [-0.05, 0) is 48.5 Å². The van der Waals surface area contributed by atoms with Crippen LogP contribution in [0.1, 0.15) is 0 Å². The van der Waals surface area contributed by atoms with Gasteiger partial charge in [0.05, 0.1) is 11.2 Å². The monoisotopic (exact) mass is 379 g/mol. The van der Waals surface area contributed by atoms with Crippen molar-refractivity contribution in [1.29, 1.82) is 0 Å². The van der Waals surface area contributed by atoms with E-state index in [1.54, 1.807) is 11.8 Å². The van der Waals surface area contributed by atoms with Crippen molar-refractivity contribution in [2.75, 3.05) is 0 Å². The lowest BCUT2D eigenvalue weighted by atomic mass is 10.2. The summed E-state index contributed by atoms with van der Waals surface area (Å²) in [5.74, 6) is 0.00355. The molecule has 0 bridgehead atoms. The summed E-state index contributed by atoms with van der Waals surface area (Å²) < 4.78 is 0. The predicted octanol–water partition coefficient (Wildman–Crippen LogP) is 7.09. The first-order valence-corrected chi connectivity index (χ1v) is 9.14. The maximum absolute atomic E-state index is 10.3. The highest BCUT2D eigenvalue weighted by Crippen LogP contribution is 2.43. The van der Waals surface area contributed by atoms with Gasteiger partial charge in [0.1, 0.15) is 0 Å². The Morgan fingerprint density at radius 3 is 2.38 bits per heavy atom. The molecule has 0 radical (unpaired) electrons. The molecule has 0 amide bonds. The van der Waals surface area contributed by atoms with Gasteiger partial charge in [-0.1, -0.05) is 47.6 Å². The molecule has 0 aliphatic rings. The Bertz CT molecular complexity index is 1080. The minimum Gasteiger partial charge on any atom is -0.493 e. The number of halogens is 1. The molecule has 4 nitrogen and oxygen atoms in total. The number of hydrogen-bond acceptors (Lipinski definition) is 4. The van der Waals surface area contributed by atoms with Crippen LogP contribution >= 0.6 is 23.4 Å². The minimum atomic E-state index is 0.00355. The second-order valence-electron chi connectivity index (χ2n) is 5.59. The van der Waals surface area contributed by atoms with Crippen molar-refractivity contribution in [2.24, 2.45) is 10.2 Å². The summed E-state index contributed by atoms with van der Waals surface area (Å²) in [4.78, 5) is 4.99. The van der Waals surface area contributed by atoms with E-state index < -0.39 is 0 Å². The number of aromatic hydroxyl groups is 1. The van der Waals surface area contributed by atoms with Crippen LogP contribution in [-0.2, 0) is 0 Å². The molecule has 0 saturated carbocycles. The maximum atomic E-state index is 10.3. The van der Waals surface area contributed by atoms with Crippen molar-refractivity contribution in [3.05, 3.63) is 77.8 Å². The number of rotatable bonds is 4. The molecule has 0 unspecified atom stereocenters. The van der Waals surface area contributed by atoms with Gasteiger partial charge < -0.3 is 10.1 Å². The summed E-state index contributed by atoms with van der Waals surface area (Å²) in [5.41, 5.74) is 1.97. The third-order valence-electron chi connectivity index (χ3n) is 3.80. The zero-order valence-electron chi connectivity index (χ0n) is 13.6. The number of aromatic nitrogens is 1. The zero-order valence-corrected chi connectivity index (χ0v) is 15.1. The van der Waals surface area contributed by atoms with Crippen molar-refractivity contribution < 1.29 is 5.11 Å². The van der Waals surface area contributed by atoms with Crippen LogP contribution in [0.4, 0.5) is 11.4 Å². The molecule has 128 valence electrons. The predicted molar refractivity (Wildman–Crippen MR) is 106 cm³/mol. The number of benzene rings is 3. The van der Waals surface area contributed by atoms with Crippen molar-refractivity contribution in [3.8, 4) is 5.88 Å². The third kappa shape index (κ3) is 3.45. The Morgan fingerprint density at radius 2 is 1.62 bits per heavy atom. The fourth-order valence-electron chi connectivity index (χ4n) is 2.60. The highest BCUT2D eigenvalue weighted by Gasteiger charge is 2.15. The molecule has 0 aliphatic carbocycles. The highest BCUT2D eigenvalue weighted by molar-refractivity contribution is 7.99. The Hall–Kier alpha value is -2.76. The molecule has 0 saturated heterocycles. The molecular formula is C20H14ClN3OS. The van der Waals surface area contributed by atoms with Gasteiger partial charge in [0, 0.05) is 20.2 Å². The summed E-state index contributed by atoms with van der Waals surface area (Å²) >= 11 is 7.55. The van der Waals surface area contributed by atoms with Gasteiger partial charge in [0.15, 0.2) is 5.69 Å². The lowest BCUT2D eigenvalue weighted by Crippen LogP contribution is -1.76. The van der Waals surface area contributed by atoms with Crippen molar-refractivity contribution >= 4 is 45.6 Å². The number of nitrogens with one attached hydrogen (secondary N) is 1. The molecule has 0 atom stereocenters. The SMILES string of the molecule is Oc1[nH]c2cccc(Sc3ccc(Cl)cc3)c2c1N=Nc1ccccc1. The van der Waals surface area contributed by atoms with E-state index in [-0.39, 0.29) is 5.88 Å². The van der Waals surface area contributed by atoms with Crippen LogP contribution in [0.15, 0.2) is 92.8 Å². The van der Waals surface area contributed by atoms with Gasteiger partial charge >= 0.3 is 0 Å². The topological polar surface area (TPSA) is 60.7 Å². The van der Waals surface area contributed by atoms with E-state index in [0.29, 0.717) is 10.7 Å². The molecule has 0 aliphatic heterocycles. The molecule has 2 N–H and O–H groups in total. The Morgan fingerprint density at radius 1 is 0.846 bits per heavy atom. The van der Waals surface area contributed by atoms with Gasteiger partial charge in [-0.3, -0.25) is 0 Å². The summed E-state index contributed by atoms with van der Waals surface area (Å²) in [6, 6.07) is 22.9. The van der Waals surface area contributed by atoms with Crippen molar-refractivity contribution in [1.82, 2.24) is 4.98 Å². The van der Waals surface area contributed by atoms with Crippen LogP contribution in [0, 0.1) is 0 Å². The minimum absolute atomic E-state index is 0.00355. The molecule has 4 aromatic rings. The second kappa shape index (κ2) is 7.23. The van der Waals surface area contributed by atoms with E-state index >= 15 is 0 Å². The van der Waals surface area contributed by atoms with Crippen LogP contribution < -0.4 is 0 Å². The summed E-state index contributed by atoms with van der Waals surface area (Å²) in [6.45, 7) is 0. The van der Waals surface area contributed by atoms with Crippen molar-refractivity contribution in [2.45, 2.75) is 9.79 Å². The Balaban J connectivity index is 1.77. The second-order valence-corrected chi connectivity index (χ2v) is 7.14. The average molecular weight is 380 g/mol. The largest absolute Gasteiger partial charge is 0.493 e. The highest BCUT2D eigenvalue weighted by atomic mass is 35.5. The van der Waals surface area contributed by atoms with E-state index in [4.69, 9.17) is 11.6 Å². The van der Waals surface area contributed by atoms with Crippen LogP contribution in [0.3, 0.4) is 0 Å². The molecular weight excluding hydrogens is 366 g/mol. The Kier molecular flexibility index (Phi) is 4.65. The molecule has 26 heavy (non-hydrogen) atoms. The first-order valence-electron chi connectivity index (χ1n) is 7.94. The van der Waals surface area contributed by atoms with Gasteiger partial charge in [0.2, 0.25) is 5.88 Å². The Labute approximate surface area is 159 Å². The van der Waals surface area contributed by atoms with Gasteiger partial charge in [-0.2, -0.15) is 5.11 Å². The molecule has 6 heteroatoms. The van der Waals surface area contributed by atoms with Crippen LogP contribution in [-0.4, -0.2) is 10.1 Å². The number of aromatic amines is 1. The summed E-state index contributed by atoms with van der Waals surface area (Å²) in [7, 11) is 0. The molecule has 1 aromatic heterocycles.